The molecule has 3 saturated heterocycles. The summed E-state index contributed by atoms with van der Waals surface area (Å²) in [6.45, 7) is 4.61. The van der Waals surface area contributed by atoms with Crippen LogP contribution in [0.1, 0.15) is 64.0 Å². The molecule has 5 aromatic rings. The van der Waals surface area contributed by atoms with Gasteiger partial charge in [0.25, 0.3) is 5.91 Å². The van der Waals surface area contributed by atoms with E-state index in [9.17, 15) is 24.6 Å². The number of amides is 2. The number of phenols is 1. The Labute approximate surface area is 326 Å². The molecule has 3 aliphatic rings. The average molecular weight is 760 g/mol. The third-order valence-electron chi connectivity index (χ3n) is 10.8. The number of ether oxygens (including phenoxy) is 2. The molecule has 2 amide bonds. The molecular formula is C44H49N5O7. The van der Waals surface area contributed by atoms with Crippen LogP contribution in [0, 0.1) is 5.92 Å². The van der Waals surface area contributed by atoms with Crippen molar-refractivity contribution in [2.45, 2.75) is 44.1 Å². The monoisotopic (exact) mass is 759 g/mol. The second-order valence-electron chi connectivity index (χ2n) is 14.7. The van der Waals surface area contributed by atoms with Crippen molar-refractivity contribution < 1.29 is 29.3 Å². The molecule has 0 aliphatic carbocycles. The first-order chi connectivity index (χ1) is 27.2. The quantitative estimate of drug-likeness (QED) is 0.0870. The van der Waals surface area contributed by atoms with Gasteiger partial charge in [0.15, 0.2) is 0 Å². The number of pyridine rings is 1. The lowest BCUT2D eigenvalue weighted by molar-refractivity contribution is -0.0336. The Balaban J connectivity index is 0.880. The van der Waals surface area contributed by atoms with Crippen molar-refractivity contribution in [2.75, 3.05) is 46.3 Å². The number of benzene rings is 4. The van der Waals surface area contributed by atoms with Gasteiger partial charge in [-0.25, -0.2) is 4.79 Å². The zero-order valence-corrected chi connectivity index (χ0v) is 31.5. The number of aliphatic hydroxyl groups is 1. The predicted octanol–water partition coefficient (Wildman–Crippen LogP) is 5.51. The number of carbonyl (C=O) groups is 2. The van der Waals surface area contributed by atoms with Gasteiger partial charge in [-0.15, -0.1) is 0 Å². The second kappa shape index (κ2) is 17.8. The van der Waals surface area contributed by atoms with Gasteiger partial charge in [-0.05, 0) is 103 Å². The molecule has 292 valence electrons. The van der Waals surface area contributed by atoms with E-state index >= 15 is 0 Å². The van der Waals surface area contributed by atoms with Crippen LogP contribution in [0.2, 0.25) is 0 Å². The van der Waals surface area contributed by atoms with Gasteiger partial charge in [-0.3, -0.25) is 14.5 Å². The van der Waals surface area contributed by atoms with E-state index in [1.165, 1.54) is 12.1 Å². The first-order valence-electron chi connectivity index (χ1n) is 19.3. The Hall–Kier alpha value is -5.69. The zero-order chi connectivity index (χ0) is 39.0. The number of aliphatic hydroxyl groups excluding tert-OH is 1. The highest BCUT2D eigenvalue weighted by Crippen LogP contribution is 2.31. The fraction of sp³-hybridized carbons (Fsp3) is 0.341. The molecule has 56 heavy (non-hydrogen) atoms. The molecule has 0 radical (unpaired) electrons. The average Bonchev–Trinajstić information content (AvgIpc) is 3.23. The molecule has 3 aliphatic heterocycles. The largest absolute Gasteiger partial charge is 0.506 e. The van der Waals surface area contributed by atoms with Crippen molar-refractivity contribution in [1.82, 2.24) is 25.4 Å². The number of nitrogens with zero attached hydrogens (tertiary/aromatic N) is 2. The molecule has 3 atom stereocenters. The van der Waals surface area contributed by atoms with Crippen LogP contribution in [-0.2, 0) is 11.3 Å². The number of alkyl carbamates (subject to hydrolysis) is 1. The molecule has 12 heteroatoms. The van der Waals surface area contributed by atoms with Crippen LogP contribution in [-0.4, -0.2) is 89.4 Å². The molecule has 5 N–H and O–H groups in total. The summed E-state index contributed by atoms with van der Waals surface area (Å²) in [4.78, 5) is 44.7. The number of fused-ring (bicyclic) bond motifs is 4. The van der Waals surface area contributed by atoms with Gasteiger partial charge in [0.05, 0.1) is 17.7 Å². The van der Waals surface area contributed by atoms with E-state index in [0.717, 1.165) is 49.2 Å². The molecule has 12 nitrogen and oxygen atoms in total. The van der Waals surface area contributed by atoms with Crippen LogP contribution in [0.5, 0.6) is 11.5 Å². The Kier molecular flexibility index (Phi) is 12.3. The topological polar surface area (TPSA) is 156 Å². The van der Waals surface area contributed by atoms with Crippen LogP contribution < -0.4 is 20.9 Å². The third-order valence-corrected chi connectivity index (χ3v) is 10.8. The number of rotatable bonds is 15. The minimum Gasteiger partial charge on any atom is -0.506 e. The first-order valence-corrected chi connectivity index (χ1v) is 19.3. The van der Waals surface area contributed by atoms with E-state index in [0.29, 0.717) is 59.8 Å². The van der Waals surface area contributed by atoms with Crippen molar-refractivity contribution in [3.8, 4) is 11.5 Å². The van der Waals surface area contributed by atoms with Crippen LogP contribution in [0.15, 0.2) is 108 Å². The number of hydrogen-bond donors (Lipinski definition) is 5. The molecule has 8 rings (SSSR count). The maximum absolute atomic E-state index is 13.2. The van der Waals surface area contributed by atoms with Crippen molar-refractivity contribution in [2.24, 2.45) is 5.92 Å². The van der Waals surface area contributed by atoms with E-state index in [-0.39, 0.29) is 29.9 Å². The molecule has 3 unspecified atom stereocenters. The molecule has 4 aromatic carbocycles. The van der Waals surface area contributed by atoms with Gasteiger partial charge in [-0.2, -0.15) is 0 Å². The molecule has 4 heterocycles. The number of nitrogens with one attached hydrogen (secondary N) is 3. The summed E-state index contributed by atoms with van der Waals surface area (Å²) in [5.41, 5.74) is 3.85. The van der Waals surface area contributed by atoms with E-state index in [1.807, 2.05) is 66.7 Å². The summed E-state index contributed by atoms with van der Waals surface area (Å²) in [6.07, 6.45) is 1.45. The van der Waals surface area contributed by atoms with E-state index in [1.54, 1.807) is 36.2 Å². The molecular weight excluding hydrogens is 711 g/mol. The lowest BCUT2D eigenvalue weighted by Crippen LogP contribution is -2.52. The predicted molar refractivity (Wildman–Crippen MR) is 214 cm³/mol. The van der Waals surface area contributed by atoms with E-state index < -0.39 is 18.2 Å². The normalized spacial score (nSPS) is 18.6. The Morgan fingerprint density at radius 3 is 2.46 bits per heavy atom. The van der Waals surface area contributed by atoms with Crippen molar-refractivity contribution in [3.63, 3.8) is 0 Å². The number of piperidine rings is 3. The maximum atomic E-state index is 13.2. The summed E-state index contributed by atoms with van der Waals surface area (Å²) in [5, 5.41) is 27.8. The lowest BCUT2D eigenvalue weighted by atomic mass is 9.86. The number of hydrogen-bond acceptors (Lipinski definition) is 9. The van der Waals surface area contributed by atoms with Gasteiger partial charge in [0.2, 0.25) is 5.56 Å². The highest BCUT2D eigenvalue weighted by molar-refractivity contribution is 5.94. The Bertz CT molecular complexity index is 2170. The zero-order valence-electron chi connectivity index (χ0n) is 31.5. The summed E-state index contributed by atoms with van der Waals surface area (Å²) in [6, 6.07) is 30.5. The molecule has 3 fully saturated rings. The second-order valence-corrected chi connectivity index (χ2v) is 14.7. The highest BCUT2D eigenvalue weighted by Gasteiger charge is 2.37. The lowest BCUT2D eigenvalue weighted by Gasteiger charge is -2.43. The first kappa shape index (κ1) is 38.6. The standard InChI is InChI=1S/C44H49N5O7/c1-48(22-6-21-45-26-38(51)35-15-17-37(50)42-36(35)16-18-40(52)46-42)43(53)32-13-11-29(12-14-32)28-55-34-10-5-9-33(25-34)41(31-7-3-2-4-8-31)47-44(54)56-39-27-49-23-19-30(39)20-24-49/h2-5,7-18,25,30,38-39,41,45,50-51H,6,19-24,26-28H2,1H3,(H,46,52)(H,47,54). The molecule has 0 saturated carbocycles. The van der Waals surface area contributed by atoms with Gasteiger partial charge in [0.1, 0.15) is 24.2 Å². The van der Waals surface area contributed by atoms with Crippen LogP contribution in [0.25, 0.3) is 10.9 Å². The van der Waals surface area contributed by atoms with Crippen LogP contribution in [0.4, 0.5) is 4.79 Å². The summed E-state index contributed by atoms with van der Waals surface area (Å²) < 4.78 is 12.2. The van der Waals surface area contributed by atoms with Crippen molar-refractivity contribution in [1.29, 1.82) is 0 Å². The molecule has 1 aromatic heterocycles. The number of aromatic amines is 1. The van der Waals surface area contributed by atoms with Crippen LogP contribution >= 0.6 is 0 Å². The summed E-state index contributed by atoms with van der Waals surface area (Å²) in [7, 11) is 1.76. The fourth-order valence-electron chi connectivity index (χ4n) is 7.69. The van der Waals surface area contributed by atoms with Crippen molar-refractivity contribution in [3.05, 3.63) is 141 Å². The Morgan fingerprint density at radius 2 is 1.71 bits per heavy atom. The fourth-order valence-corrected chi connectivity index (χ4v) is 7.69. The van der Waals surface area contributed by atoms with Gasteiger partial charge >= 0.3 is 6.09 Å². The van der Waals surface area contributed by atoms with Crippen LogP contribution in [0.3, 0.4) is 0 Å². The van der Waals surface area contributed by atoms with Crippen molar-refractivity contribution >= 4 is 22.9 Å². The number of phenolic OH excluding ortho intramolecular Hbond substituents is 1. The third kappa shape index (κ3) is 9.39. The summed E-state index contributed by atoms with van der Waals surface area (Å²) in [5.74, 6) is 0.927. The van der Waals surface area contributed by atoms with Gasteiger partial charge in [-0.1, -0.05) is 60.7 Å². The molecule has 2 bridgehead atoms. The number of aromatic hydroxyl groups is 1. The number of aromatic nitrogens is 1. The minimum atomic E-state index is -0.853. The number of H-pyrrole nitrogens is 1. The van der Waals surface area contributed by atoms with Gasteiger partial charge in [0, 0.05) is 43.7 Å². The van der Waals surface area contributed by atoms with E-state index in [2.05, 4.69) is 20.5 Å². The maximum Gasteiger partial charge on any atom is 0.408 e. The molecule has 0 spiro atoms. The smallest absolute Gasteiger partial charge is 0.408 e. The van der Waals surface area contributed by atoms with Gasteiger partial charge < -0.3 is 40.2 Å². The SMILES string of the molecule is CN(CCCNCC(O)c1ccc(O)c2[nH]c(=O)ccc12)C(=O)c1ccc(COc2cccc(C(NC(=O)OC3CN4CCC3CC4)c3ccccc3)c2)cc1. The summed E-state index contributed by atoms with van der Waals surface area (Å²) >= 11 is 0. The Morgan fingerprint density at radius 1 is 0.946 bits per heavy atom. The highest BCUT2D eigenvalue weighted by atomic mass is 16.6. The van der Waals surface area contributed by atoms with E-state index in [4.69, 9.17) is 9.47 Å². The minimum absolute atomic E-state index is 0.0549. The number of carbonyl (C=O) groups excluding carboxylic acids is 2.